The molecular weight excluding hydrogens is 194 g/mol. The number of Topliss-reactive ketones (excluding diaryl/α,β-unsaturated/α-hetero) is 1. The first-order valence-corrected chi connectivity index (χ1v) is 5.74. The lowest BCUT2D eigenvalue weighted by molar-refractivity contribution is -0.163. The zero-order valence-electron chi connectivity index (χ0n) is 9.18. The molecule has 15 heavy (non-hydrogen) atoms. The molecule has 3 fully saturated rings. The molecule has 3 rings (SSSR count). The fourth-order valence-corrected chi connectivity index (χ4v) is 3.43. The highest BCUT2D eigenvalue weighted by molar-refractivity contribution is 5.86. The number of carbonyl (C=O) groups is 1. The van der Waals surface area contributed by atoms with Gasteiger partial charge in [0.15, 0.2) is 12.1 Å². The van der Waals surface area contributed by atoms with E-state index in [0.717, 1.165) is 6.42 Å². The SMILES string of the molecule is CCO[C@@H]1O[C@H]2CC(=O)[C@@H]3C[C@H]1[C@@H]2N3C. The monoisotopic (exact) mass is 211 g/mol. The Morgan fingerprint density at radius 1 is 1.60 bits per heavy atom. The van der Waals surface area contributed by atoms with Crippen LogP contribution in [0.25, 0.3) is 0 Å². The van der Waals surface area contributed by atoms with Gasteiger partial charge >= 0.3 is 0 Å². The maximum atomic E-state index is 11.8. The van der Waals surface area contributed by atoms with Crippen LogP contribution in [-0.4, -0.2) is 48.8 Å². The second-order valence-electron chi connectivity index (χ2n) is 4.74. The van der Waals surface area contributed by atoms with Crippen LogP contribution in [0.5, 0.6) is 0 Å². The van der Waals surface area contributed by atoms with Gasteiger partial charge in [-0.15, -0.1) is 0 Å². The van der Waals surface area contributed by atoms with Gasteiger partial charge in [-0.05, 0) is 20.4 Å². The molecule has 84 valence electrons. The summed E-state index contributed by atoms with van der Waals surface area (Å²) in [6, 6.07) is 0.535. The number of nitrogens with zero attached hydrogens (tertiary/aromatic N) is 1. The van der Waals surface area contributed by atoms with Gasteiger partial charge in [0.1, 0.15) is 0 Å². The summed E-state index contributed by atoms with van der Waals surface area (Å²) in [5.41, 5.74) is 0. The lowest BCUT2D eigenvalue weighted by Crippen LogP contribution is -2.49. The van der Waals surface area contributed by atoms with E-state index in [1.54, 1.807) is 0 Å². The number of likely N-dealkylation sites (N-methyl/N-ethyl adjacent to an activating group) is 1. The standard InChI is InChI=1S/C11H17NO3/c1-3-14-11-6-4-7-8(13)5-9(15-11)10(6)12(7)2/h6-7,9-11H,3-5H2,1-2H3/t6-,7-,9-,10-,11+/m0/s1. The maximum absolute atomic E-state index is 11.8. The third kappa shape index (κ3) is 1.22. The van der Waals surface area contributed by atoms with Crippen molar-refractivity contribution in [2.45, 2.75) is 44.2 Å². The molecule has 0 aromatic rings. The van der Waals surface area contributed by atoms with Crippen molar-refractivity contribution >= 4 is 5.78 Å². The van der Waals surface area contributed by atoms with Crippen molar-refractivity contribution in [2.24, 2.45) is 5.92 Å². The molecule has 0 saturated carbocycles. The van der Waals surface area contributed by atoms with Crippen LogP contribution in [0.1, 0.15) is 19.8 Å². The van der Waals surface area contributed by atoms with Crippen molar-refractivity contribution in [3.05, 3.63) is 0 Å². The minimum absolute atomic E-state index is 0.0720. The predicted octanol–water partition coefficient (Wildman–Crippen LogP) is 0.409. The lowest BCUT2D eigenvalue weighted by Gasteiger charge is -2.33. The van der Waals surface area contributed by atoms with Crippen molar-refractivity contribution in [1.29, 1.82) is 0 Å². The summed E-state index contributed by atoms with van der Waals surface area (Å²) in [4.78, 5) is 13.9. The lowest BCUT2D eigenvalue weighted by atomic mass is 9.98. The molecule has 3 aliphatic heterocycles. The summed E-state index contributed by atoms with van der Waals surface area (Å²) in [5, 5.41) is 0. The molecule has 0 spiro atoms. The molecule has 4 heteroatoms. The molecule has 4 nitrogen and oxygen atoms in total. The van der Waals surface area contributed by atoms with Crippen LogP contribution >= 0.6 is 0 Å². The first kappa shape index (κ1) is 9.75. The number of ether oxygens (including phenoxy) is 2. The molecule has 2 bridgehead atoms. The minimum atomic E-state index is -0.0782. The summed E-state index contributed by atoms with van der Waals surface area (Å²) in [5.74, 6) is 0.743. The highest BCUT2D eigenvalue weighted by Crippen LogP contribution is 2.46. The number of hydrogen-bond acceptors (Lipinski definition) is 4. The molecular formula is C11H17NO3. The van der Waals surface area contributed by atoms with Gasteiger partial charge in [-0.3, -0.25) is 9.69 Å². The largest absolute Gasteiger partial charge is 0.353 e. The van der Waals surface area contributed by atoms with Gasteiger partial charge in [0.05, 0.1) is 12.1 Å². The number of piperidine rings is 1. The van der Waals surface area contributed by atoms with E-state index in [1.807, 2.05) is 14.0 Å². The van der Waals surface area contributed by atoms with Crippen LogP contribution in [0.2, 0.25) is 0 Å². The smallest absolute Gasteiger partial charge is 0.162 e. The Balaban J connectivity index is 1.86. The third-order valence-electron chi connectivity index (χ3n) is 4.04. The van der Waals surface area contributed by atoms with Crippen molar-refractivity contribution in [3.63, 3.8) is 0 Å². The molecule has 3 heterocycles. The van der Waals surface area contributed by atoms with Gasteiger partial charge in [0.25, 0.3) is 0 Å². The first-order valence-electron chi connectivity index (χ1n) is 5.74. The van der Waals surface area contributed by atoms with E-state index in [-0.39, 0.29) is 18.4 Å². The Morgan fingerprint density at radius 3 is 3.13 bits per heavy atom. The van der Waals surface area contributed by atoms with Gasteiger partial charge in [0.2, 0.25) is 0 Å². The van der Waals surface area contributed by atoms with E-state index in [9.17, 15) is 4.79 Å². The van der Waals surface area contributed by atoms with E-state index < -0.39 is 0 Å². The number of rotatable bonds is 2. The number of carbonyl (C=O) groups excluding carboxylic acids is 1. The van der Waals surface area contributed by atoms with Crippen LogP contribution in [0, 0.1) is 5.92 Å². The van der Waals surface area contributed by atoms with Crippen molar-refractivity contribution in [2.75, 3.05) is 13.7 Å². The molecule has 0 unspecified atom stereocenters. The fraction of sp³-hybridized carbons (Fsp3) is 0.909. The van der Waals surface area contributed by atoms with E-state index in [2.05, 4.69) is 4.90 Å². The quantitative estimate of drug-likeness (QED) is 0.663. The molecule has 0 N–H and O–H groups in total. The van der Waals surface area contributed by atoms with Crippen LogP contribution in [0.3, 0.4) is 0 Å². The van der Waals surface area contributed by atoms with Crippen LogP contribution in [-0.2, 0) is 14.3 Å². The minimum Gasteiger partial charge on any atom is -0.353 e. The maximum Gasteiger partial charge on any atom is 0.162 e. The summed E-state index contributed by atoms with van der Waals surface area (Å²) in [7, 11) is 2.04. The van der Waals surface area contributed by atoms with Gasteiger partial charge in [-0.2, -0.15) is 0 Å². The Hall–Kier alpha value is -0.450. The van der Waals surface area contributed by atoms with Gasteiger partial charge in [-0.25, -0.2) is 0 Å². The molecule has 3 aliphatic rings. The number of hydrogen-bond donors (Lipinski definition) is 0. The Bertz CT molecular complexity index is 294. The van der Waals surface area contributed by atoms with Gasteiger partial charge < -0.3 is 9.47 Å². The third-order valence-corrected chi connectivity index (χ3v) is 4.04. The predicted molar refractivity (Wildman–Crippen MR) is 53.4 cm³/mol. The molecule has 0 aromatic heterocycles. The molecule has 0 aliphatic carbocycles. The molecule has 5 atom stereocenters. The van der Waals surface area contributed by atoms with Crippen LogP contribution in [0.4, 0.5) is 0 Å². The van der Waals surface area contributed by atoms with Gasteiger partial charge in [-0.1, -0.05) is 0 Å². The van der Waals surface area contributed by atoms with Crippen molar-refractivity contribution in [1.82, 2.24) is 4.90 Å². The summed E-state index contributed by atoms with van der Waals surface area (Å²) >= 11 is 0. The van der Waals surface area contributed by atoms with E-state index >= 15 is 0 Å². The molecule has 3 saturated heterocycles. The first-order chi connectivity index (χ1) is 7.22. The topological polar surface area (TPSA) is 38.8 Å². The number of fused-ring (bicyclic) bond motifs is 1. The summed E-state index contributed by atoms with van der Waals surface area (Å²) < 4.78 is 11.4. The average Bonchev–Trinajstić information content (AvgIpc) is 2.62. The zero-order valence-corrected chi connectivity index (χ0v) is 9.18. The second-order valence-corrected chi connectivity index (χ2v) is 4.74. The van der Waals surface area contributed by atoms with E-state index in [0.29, 0.717) is 30.8 Å². The average molecular weight is 211 g/mol. The van der Waals surface area contributed by atoms with Crippen LogP contribution < -0.4 is 0 Å². The Morgan fingerprint density at radius 2 is 2.40 bits per heavy atom. The fourth-order valence-electron chi connectivity index (χ4n) is 3.43. The summed E-state index contributed by atoms with van der Waals surface area (Å²) in [6.45, 7) is 2.67. The zero-order chi connectivity index (χ0) is 10.6. The normalized spacial score (nSPS) is 48.9. The van der Waals surface area contributed by atoms with E-state index in [4.69, 9.17) is 9.47 Å². The molecule has 0 aromatic carbocycles. The highest BCUT2D eigenvalue weighted by atomic mass is 16.7. The summed E-state index contributed by atoms with van der Waals surface area (Å²) in [6.07, 6.45) is 1.49. The Kier molecular flexibility index (Phi) is 2.13. The second kappa shape index (κ2) is 3.27. The van der Waals surface area contributed by atoms with Crippen molar-refractivity contribution in [3.8, 4) is 0 Å². The van der Waals surface area contributed by atoms with E-state index in [1.165, 1.54) is 0 Å². The van der Waals surface area contributed by atoms with Crippen molar-refractivity contribution < 1.29 is 14.3 Å². The number of ketones is 1. The van der Waals surface area contributed by atoms with Gasteiger partial charge in [0, 0.05) is 25.0 Å². The molecule has 0 amide bonds. The highest BCUT2D eigenvalue weighted by Gasteiger charge is 2.58. The molecule has 0 radical (unpaired) electrons. The Labute approximate surface area is 89.5 Å². The van der Waals surface area contributed by atoms with Crippen LogP contribution in [0.15, 0.2) is 0 Å².